The molecule has 0 radical (unpaired) electrons. The molecule has 0 aliphatic heterocycles. The van der Waals surface area contributed by atoms with Crippen molar-refractivity contribution in [2.24, 2.45) is 0 Å². The van der Waals surface area contributed by atoms with Crippen LogP contribution in [-0.4, -0.2) is 78.0 Å². The third kappa shape index (κ3) is 16.2. The van der Waals surface area contributed by atoms with Crippen LogP contribution in [0.3, 0.4) is 0 Å². The second kappa shape index (κ2) is 10.6. The molecule has 12 nitrogen and oxygen atoms in total. The van der Waals surface area contributed by atoms with Gasteiger partial charge in [0.05, 0.1) is 25.6 Å². The summed E-state index contributed by atoms with van der Waals surface area (Å²) in [6.45, 7) is 8.76. The number of ether oxygens (including phenoxy) is 2. The Bertz CT molecular complexity index is 727. The Morgan fingerprint density at radius 1 is 0.700 bits per heavy atom. The molecule has 30 heavy (non-hydrogen) atoms. The summed E-state index contributed by atoms with van der Waals surface area (Å²) in [4.78, 5) is 23.7. The SMILES string of the molecule is CC(C)(C)OC(=O)NC[C@H](OS(C)(=O)=O)[C@H](CNC(=O)OC(C)(C)C)OS(C)(=O)=O. The molecular formula is C16H32N2O10S2. The van der Waals surface area contributed by atoms with Crippen LogP contribution >= 0.6 is 0 Å². The molecule has 0 aliphatic rings. The number of hydrogen-bond acceptors (Lipinski definition) is 10. The van der Waals surface area contributed by atoms with Crippen molar-refractivity contribution in [2.45, 2.75) is 65.0 Å². The second-order valence-electron chi connectivity index (χ2n) is 8.44. The number of rotatable bonds is 9. The first kappa shape index (κ1) is 28.4. The zero-order valence-corrected chi connectivity index (χ0v) is 20.1. The van der Waals surface area contributed by atoms with Crippen molar-refractivity contribution in [2.75, 3.05) is 25.6 Å². The van der Waals surface area contributed by atoms with Gasteiger partial charge < -0.3 is 20.1 Å². The Labute approximate surface area is 178 Å². The van der Waals surface area contributed by atoms with Crippen LogP contribution in [-0.2, 0) is 38.1 Å². The fourth-order valence-electron chi connectivity index (χ4n) is 1.90. The lowest BCUT2D eigenvalue weighted by Crippen LogP contribution is -2.49. The normalized spacial score (nSPS) is 15.1. The molecule has 2 atom stereocenters. The molecule has 178 valence electrons. The predicted molar refractivity (Wildman–Crippen MR) is 108 cm³/mol. The number of carbonyl (C=O) groups excluding carboxylic acids is 2. The molecule has 0 aromatic rings. The molecule has 0 aliphatic carbocycles. The quantitative estimate of drug-likeness (QED) is 0.453. The summed E-state index contributed by atoms with van der Waals surface area (Å²) in [5, 5.41) is 4.57. The zero-order chi connectivity index (χ0) is 24.0. The number of alkyl carbamates (subject to hydrolysis) is 2. The number of hydrogen-bond donors (Lipinski definition) is 2. The van der Waals surface area contributed by atoms with Gasteiger partial charge in [-0.25, -0.2) is 9.59 Å². The largest absolute Gasteiger partial charge is 0.444 e. The highest BCUT2D eigenvalue weighted by Crippen LogP contribution is 2.12. The molecule has 0 spiro atoms. The fraction of sp³-hybridized carbons (Fsp3) is 0.875. The van der Waals surface area contributed by atoms with Crippen molar-refractivity contribution >= 4 is 32.4 Å². The molecule has 0 unspecified atom stereocenters. The first-order valence-electron chi connectivity index (χ1n) is 8.87. The van der Waals surface area contributed by atoms with E-state index in [4.69, 9.17) is 17.8 Å². The minimum Gasteiger partial charge on any atom is -0.444 e. The van der Waals surface area contributed by atoms with E-state index in [2.05, 4.69) is 10.6 Å². The van der Waals surface area contributed by atoms with Gasteiger partial charge in [0, 0.05) is 0 Å². The maximum Gasteiger partial charge on any atom is 0.407 e. The van der Waals surface area contributed by atoms with Crippen molar-refractivity contribution in [3.8, 4) is 0 Å². The van der Waals surface area contributed by atoms with Crippen LogP contribution in [0.1, 0.15) is 41.5 Å². The highest BCUT2D eigenvalue weighted by atomic mass is 32.2. The van der Waals surface area contributed by atoms with Gasteiger partial charge in [0.25, 0.3) is 20.2 Å². The van der Waals surface area contributed by atoms with E-state index in [1.807, 2.05) is 0 Å². The van der Waals surface area contributed by atoms with Gasteiger partial charge in [0.2, 0.25) is 0 Å². The molecule has 0 aromatic carbocycles. The van der Waals surface area contributed by atoms with Crippen molar-refractivity contribution in [3.05, 3.63) is 0 Å². The molecule has 0 bridgehead atoms. The standard InChI is InChI=1S/C16H32N2O10S2/c1-15(2,3)25-13(19)17-9-11(27-29(7,21)22)12(28-30(8,23)24)10-18-14(20)26-16(4,5)6/h11-12H,9-10H2,1-8H3,(H,17,19)(H,18,20)/t11-,12-/m0/s1. The van der Waals surface area contributed by atoms with Gasteiger partial charge in [0.15, 0.2) is 0 Å². The zero-order valence-electron chi connectivity index (χ0n) is 18.5. The van der Waals surface area contributed by atoms with Crippen molar-refractivity contribution < 1.29 is 44.3 Å². The van der Waals surface area contributed by atoms with Gasteiger partial charge in [0.1, 0.15) is 23.4 Å². The van der Waals surface area contributed by atoms with Crippen LogP contribution in [0.5, 0.6) is 0 Å². The van der Waals surface area contributed by atoms with E-state index in [9.17, 15) is 26.4 Å². The lowest BCUT2D eigenvalue weighted by molar-refractivity contribution is 0.0326. The van der Waals surface area contributed by atoms with Gasteiger partial charge in [-0.2, -0.15) is 16.8 Å². The minimum absolute atomic E-state index is 0.488. The van der Waals surface area contributed by atoms with Crippen LogP contribution < -0.4 is 10.6 Å². The fourth-order valence-corrected chi connectivity index (χ4v) is 3.18. The highest BCUT2D eigenvalue weighted by Gasteiger charge is 2.32. The Kier molecular flexibility index (Phi) is 10.0. The molecule has 0 aromatic heterocycles. The van der Waals surface area contributed by atoms with E-state index in [1.54, 1.807) is 41.5 Å². The Balaban J connectivity index is 5.48. The van der Waals surface area contributed by atoms with E-state index in [0.29, 0.717) is 0 Å². The van der Waals surface area contributed by atoms with Crippen LogP contribution in [0.4, 0.5) is 9.59 Å². The number of nitrogens with one attached hydrogen (secondary N) is 2. The van der Waals surface area contributed by atoms with E-state index < -0.39 is 68.9 Å². The van der Waals surface area contributed by atoms with Gasteiger partial charge in [-0.1, -0.05) is 0 Å². The summed E-state index contributed by atoms with van der Waals surface area (Å²) >= 11 is 0. The second-order valence-corrected chi connectivity index (χ2v) is 11.6. The topological polar surface area (TPSA) is 163 Å². The number of carbonyl (C=O) groups is 2. The van der Waals surface area contributed by atoms with E-state index in [0.717, 1.165) is 12.5 Å². The average molecular weight is 477 g/mol. The number of amides is 2. The Morgan fingerprint density at radius 2 is 0.967 bits per heavy atom. The lowest BCUT2D eigenvalue weighted by Gasteiger charge is -2.27. The molecule has 0 rings (SSSR count). The maximum atomic E-state index is 11.9. The van der Waals surface area contributed by atoms with Crippen molar-refractivity contribution in [1.29, 1.82) is 0 Å². The van der Waals surface area contributed by atoms with Gasteiger partial charge in [-0.15, -0.1) is 0 Å². The van der Waals surface area contributed by atoms with Gasteiger partial charge >= 0.3 is 12.2 Å². The monoisotopic (exact) mass is 476 g/mol. The summed E-state index contributed by atoms with van der Waals surface area (Å²) in [6, 6.07) is 0. The third-order valence-electron chi connectivity index (χ3n) is 2.70. The summed E-state index contributed by atoms with van der Waals surface area (Å²) < 4.78 is 66.4. The average Bonchev–Trinajstić information content (AvgIpc) is 2.42. The van der Waals surface area contributed by atoms with Crippen molar-refractivity contribution in [3.63, 3.8) is 0 Å². The first-order valence-corrected chi connectivity index (χ1v) is 12.5. The molecule has 2 N–H and O–H groups in total. The third-order valence-corrected chi connectivity index (χ3v) is 3.90. The smallest absolute Gasteiger partial charge is 0.407 e. The van der Waals surface area contributed by atoms with E-state index in [1.165, 1.54) is 0 Å². The van der Waals surface area contributed by atoms with E-state index >= 15 is 0 Å². The summed E-state index contributed by atoms with van der Waals surface area (Å²) in [5.74, 6) is 0. The molecule has 0 heterocycles. The van der Waals surface area contributed by atoms with Gasteiger partial charge in [-0.3, -0.25) is 8.37 Å². The minimum atomic E-state index is -4.09. The molecule has 2 amide bonds. The molecule has 0 fully saturated rings. The summed E-state index contributed by atoms with van der Waals surface area (Å²) in [7, 11) is -8.17. The van der Waals surface area contributed by atoms with Crippen LogP contribution in [0.15, 0.2) is 0 Å². The van der Waals surface area contributed by atoms with Crippen LogP contribution in [0.2, 0.25) is 0 Å². The molecule has 0 saturated heterocycles. The van der Waals surface area contributed by atoms with E-state index in [-0.39, 0.29) is 0 Å². The molecule has 14 heteroatoms. The molecular weight excluding hydrogens is 444 g/mol. The summed E-state index contributed by atoms with van der Waals surface area (Å²) in [5.41, 5.74) is -1.64. The maximum absolute atomic E-state index is 11.9. The Hall–Kier alpha value is -1.64. The molecule has 0 saturated carbocycles. The highest BCUT2D eigenvalue weighted by molar-refractivity contribution is 7.86. The summed E-state index contributed by atoms with van der Waals surface area (Å²) in [6.07, 6.45) is -3.29. The van der Waals surface area contributed by atoms with Crippen molar-refractivity contribution in [1.82, 2.24) is 10.6 Å². The van der Waals surface area contributed by atoms with Crippen LogP contribution in [0, 0.1) is 0 Å². The Morgan fingerprint density at radius 3 is 1.17 bits per heavy atom. The lowest BCUT2D eigenvalue weighted by atomic mass is 10.2. The predicted octanol–water partition coefficient (Wildman–Crippen LogP) is 0.725. The van der Waals surface area contributed by atoms with Gasteiger partial charge in [-0.05, 0) is 41.5 Å². The first-order chi connectivity index (χ1) is 13.2. The van der Waals surface area contributed by atoms with Crippen LogP contribution in [0.25, 0.3) is 0 Å².